The molecular formula is C19H32N2O2. The van der Waals surface area contributed by atoms with Gasteiger partial charge in [0.15, 0.2) is 0 Å². The van der Waals surface area contributed by atoms with Crippen molar-refractivity contribution >= 4 is 0 Å². The summed E-state index contributed by atoms with van der Waals surface area (Å²) in [6.45, 7) is 4.15. The average molecular weight is 320 g/mol. The number of hydrogen-bond donors (Lipinski definition) is 1. The summed E-state index contributed by atoms with van der Waals surface area (Å²) in [5, 5.41) is 10.8. The second-order valence-corrected chi connectivity index (χ2v) is 7.10. The number of aliphatic hydroxyl groups is 1. The van der Waals surface area contributed by atoms with E-state index in [1.165, 1.54) is 5.56 Å². The summed E-state index contributed by atoms with van der Waals surface area (Å²) in [5.41, 5.74) is 1.19. The molecule has 1 aromatic carbocycles. The Hall–Kier alpha value is -1.10. The van der Waals surface area contributed by atoms with E-state index in [2.05, 4.69) is 43.9 Å². The largest absolute Gasteiger partial charge is 0.488 e. The van der Waals surface area contributed by atoms with Crippen LogP contribution in [0.25, 0.3) is 0 Å². The standard InChI is InChI=1S/C19H32N2O2/c1-15-8-5-9-16(14-15)23-18-11-6-10-17(19(18)22)21(4)13-7-12-20(2)3/h5,8-9,14,17-19,22H,6-7,10-13H2,1-4H3/t17-,18+,19+/m0/s1. The fourth-order valence-electron chi connectivity index (χ4n) is 3.39. The minimum atomic E-state index is -0.423. The van der Waals surface area contributed by atoms with E-state index < -0.39 is 6.10 Å². The van der Waals surface area contributed by atoms with Gasteiger partial charge in [0, 0.05) is 6.04 Å². The predicted molar refractivity (Wildman–Crippen MR) is 95.0 cm³/mol. The molecule has 23 heavy (non-hydrogen) atoms. The fraction of sp³-hybridized carbons (Fsp3) is 0.684. The molecule has 0 heterocycles. The maximum Gasteiger partial charge on any atom is 0.126 e. The number of likely N-dealkylation sites (N-methyl/N-ethyl adjacent to an activating group) is 1. The molecule has 0 unspecified atom stereocenters. The summed E-state index contributed by atoms with van der Waals surface area (Å²) >= 11 is 0. The van der Waals surface area contributed by atoms with E-state index in [1.54, 1.807) is 0 Å². The van der Waals surface area contributed by atoms with Gasteiger partial charge in [-0.3, -0.25) is 0 Å². The molecule has 0 saturated heterocycles. The Kier molecular flexibility index (Phi) is 6.88. The lowest BCUT2D eigenvalue weighted by Crippen LogP contribution is -2.52. The van der Waals surface area contributed by atoms with E-state index in [0.29, 0.717) is 0 Å². The molecule has 4 heteroatoms. The molecule has 1 aliphatic carbocycles. The normalized spacial score (nSPS) is 25.1. The lowest BCUT2D eigenvalue weighted by Gasteiger charge is -2.39. The van der Waals surface area contributed by atoms with Crippen LogP contribution < -0.4 is 4.74 Å². The van der Waals surface area contributed by atoms with Gasteiger partial charge in [-0.25, -0.2) is 0 Å². The number of rotatable bonds is 7. The highest BCUT2D eigenvalue weighted by atomic mass is 16.5. The summed E-state index contributed by atoms with van der Waals surface area (Å²) in [5.74, 6) is 0.866. The summed E-state index contributed by atoms with van der Waals surface area (Å²) < 4.78 is 6.09. The highest BCUT2D eigenvalue weighted by Crippen LogP contribution is 2.27. The average Bonchev–Trinajstić information content (AvgIpc) is 2.49. The molecule has 1 fully saturated rings. The van der Waals surface area contributed by atoms with Crippen LogP contribution >= 0.6 is 0 Å². The number of aliphatic hydroxyl groups excluding tert-OH is 1. The van der Waals surface area contributed by atoms with Gasteiger partial charge in [-0.1, -0.05) is 12.1 Å². The SMILES string of the molecule is Cc1cccc(O[C@@H]2CCC[C@H](N(C)CCCN(C)C)[C@H]2O)c1. The fourth-order valence-corrected chi connectivity index (χ4v) is 3.39. The van der Waals surface area contributed by atoms with Crippen molar-refractivity contribution in [3.05, 3.63) is 29.8 Å². The lowest BCUT2D eigenvalue weighted by atomic mass is 9.89. The van der Waals surface area contributed by atoms with Crippen molar-refractivity contribution in [1.82, 2.24) is 9.80 Å². The molecule has 1 N–H and O–H groups in total. The molecule has 0 amide bonds. The first kappa shape index (κ1) is 18.2. The maximum absolute atomic E-state index is 10.8. The molecule has 1 saturated carbocycles. The van der Waals surface area contributed by atoms with Gasteiger partial charge < -0.3 is 19.6 Å². The first-order chi connectivity index (χ1) is 11.0. The molecule has 0 radical (unpaired) electrons. The van der Waals surface area contributed by atoms with Crippen molar-refractivity contribution in [2.45, 2.75) is 50.9 Å². The van der Waals surface area contributed by atoms with Gasteiger partial charge in [0.25, 0.3) is 0 Å². The smallest absolute Gasteiger partial charge is 0.126 e. The Morgan fingerprint density at radius 1 is 1.17 bits per heavy atom. The minimum Gasteiger partial charge on any atom is -0.488 e. The molecule has 4 nitrogen and oxygen atoms in total. The summed E-state index contributed by atoms with van der Waals surface area (Å²) in [6.07, 6.45) is 3.68. The van der Waals surface area contributed by atoms with Gasteiger partial charge >= 0.3 is 0 Å². The Morgan fingerprint density at radius 3 is 2.65 bits per heavy atom. The summed E-state index contributed by atoms with van der Waals surface area (Å²) in [4.78, 5) is 4.51. The third-order valence-corrected chi connectivity index (χ3v) is 4.72. The Balaban J connectivity index is 1.90. The van der Waals surface area contributed by atoms with Gasteiger partial charge in [-0.05, 0) is 84.5 Å². The number of nitrogens with zero attached hydrogens (tertiary/aromatic N) is 2. The highest BCUT2D eigenvalue weighted by Gasteiger charge is 2.35. The van der Waals surface area contributed by atoms with Gasteiger partial charge in [-0.15, -0.1) is 0 Å². The van der Waals surface area contributed by atoms with Gasteiger partial charge in [0.05, 0.1) is 0 Å². The van der Waals surface area contributed by atoms with E-state index in [0.717, 1.165) is 44.5 Å². The third-order valence-electron chi connectivity index (χ3n) is 4.72. The molecule has 130 valence electrons. The Labute approximate surface area is 141 Å². The van der Waals surface area contributed by atoms with E-state index in [-0.39, 0.29) is 12.1 Å². The van der Waals surface area contributed by atoms with Crippen LogP contribution in [0.2, 0.25) is 0 Å². The zero-order valence-electron chi connectivity index (χ0n) is 15.0. The molecule has 0 bridgehead atoms. The van der Waals surface area contributed by atoms with Gasteiger partial charge in [-0.2, -0.15) is 0 Å². The monoisotopic (exact) mass is 320 g/mol. The van der Waals surface area contributed by atoms with Crippen LogP contribution in [0, 0.1) is 6.92 Å². The number of ether oxygens (including phenoxy) is 1. The highest BCUT2D eigenvalue weighted by molar-refractivity contribution is 5.27. The summed E-state index contributed by atoms with van der Waals surface area (Å²) in [7, 11) is 6.32. The maximum atomic E-state index is 10.8. The topological polar surface area (TPSA) is 35.9 Å². The van der Waals surface area contributed by atoms with E-state index in [1.807, 2.05) is 18.2 Å². The van der Waals surface area contributed by atoms with Crippen LogP contribution in [0.3, 0.4) is 0 Å². The van der Waals surface area contributed by atoms with Crippen molar-refractivity contribution in [1.29, 1.82) is 0 Å². The molecule has 0 spiro atoms. The summed E-state index contributed by atoms with van der Waals surface area (Å²) in [6, 6.07) is 8.28. The zero-order chi connectivity index (χ0) is 16.8. The van der Waals surface area contributed by atoms with E-state index in [4.69, 9.17) is 4.74 Å². The second kappa shape index (κ2) is 8.67. The molecule has 0 aliphatic heterocycles. The van der Waals surface area contributed by atoms with Crippen LogP contribution in [0.1, 0.15) is 31.2 Å². The van der Waals surface area contributed by atoms with Crippen molar-refractivity contribution in [3.8, 4) is 5.75 Å². The lowest BCUT2D eigenvalue weighted by molar-refractivity contribution is -0.0475. The predicted octanol–water partition coefficient (Wildman–Crippen LogP) is 2.54. The van der Waals surface area contributed by atoms with Crippen molar-refractivity contribution in [3.63, 3.8) is 0 Å². The molecule has 3 atom stereocenters. The molecule has 1 aromatic rings. The first-order valence-corrected chi connectivity index (χ1v) is 8.73. The molecular weight excluding hydrogens is 288 g/mol. The molecule has 2 rings (SSSR count). The number of aryl methyl sites for hydroxylation is 1. The van der Waals surface area contributed by atoms with Crippen LogP contribution in [0.5, 0.6) is 5.75 Å². The van der Waals surface area contributed by atoms with Crippen LogP contribution in [0.15, 0.2) is 24.3 Å². The van der Waals surface area contributed by atoms with Gasteiger partial charge in [0.2, 0.25) is 0 Å². The van der Waals surface area contributed by atoms with Gasteiger partial charge in [0.1, 0.15) is 18.0 Å². The van der Waals surface area contributed by atoms with E-state index in [9.17, 15) is 5.11 Å². The number of benzene rings is 1. The van der Waals surface area contributed by atoms with Crippen molar-refractivity contribution < 1.29 is 9.84 Å². The minimum absolute atomic E-state index is 0.105. The van der Waals surface area contributed by atoms with Crippen LogP contribution in [-0.4, -0.2) is 67.4 Å². The quantitative estimate of drug-likeness (QED) is 0.837. The second-order valence-electron chi connectivity index (χ2n) is 7.10. The Bertz CT molecular complexity index is 478. The van der Waals surface area contributed by atoms with E-state index >= 15 is 0 Å². The first-order valence-electron chi connectivity index (χ1n) is 8.73. The number of hydrogen-bond acceptors (Lipinski definition) is 4. The van der Waals surface area contributed by atoms with Crippen molar-refractivity contribution in [2.24, 2.45) is 0 Å². The van der Waals surface area contributed by atoms with Crippen LogP contribution in [0.4, 0.5) is 0 Å². The third kappa shape index (κ3) is 5.48. The molecule has 0 aromatic heterocycles. The van der Waals surface area contributed by atoms with Crippen LogP contribution in [-0.2, 0) is 0 Å². The zero-order valence-corrected chi connectivity index (χ0v) is 15.0. The van der Waals surface area contributed by atoms with Crippen molar-refractivity contribution in [2.75, 3.05) is 34.2 Å². The Morgan fingerprint density at radius 2 is 1.96 bits per heavy atom. The molecule has 1 aliphatic rings.